The van der Waals surface area contributed by atoms with Gasteiger partial charge in [-0.3, -0.25) is 0 Å². The summed E-state index contributed by atoms with van der Waals surface area (Å²) < 4.78 is 0. The molecule has 1 fully saturated rings. The van der Waals surface area contributed by atoms with Crippen LogP contribution in [0.3, 0.4) is 0 Å². The zero-order valence-electron chi connectivity index (χ0n) is 11.5. The quantitative estimate of drug-likeness (QED) is 0.810. The van der Waals surface area contributed by atoms with Crippen molar-refractivity contribution in [2.45, 2.75) is 45.1 Å². The molecule has 1 atom stereocenters. The van der Waals surface area contributed by atoms with E-state index in [4.69, 9.17) is 0 Å². The largest absolute Gasteiger partial charge is 0.396 e. The molecule has 1 saturated carbocycles. The van der Waals surface area contributed by atoms with Gasteiger partial charge in [0.15, 0.2) is 0 Å². The van der Waals surface area contributed by atoms with Gasteiger partial charge in [0.05, 0.1) is 0 Å². The van der Waals surface area contributed by atoms with Crippen LogP contribution in [0, 0.1) is 5.41 Å². The molecule has 0 saturated heterocycles. The monoisotopic (exact) mass is 247 g/mol. The van der Waals surface area contributed by atoms with Gasteiger partial charge < -0.3 is 10.4 Å². The van der Waals surface area contributed by atoms with E-state index in [2.05, 4.69) is 43.4 Å². The molecule has 2 heteroatoms. The van der Waals surface area contributed by atoms with E-state index in [-0.39, 0.29) is 12.0 Å². The zero-order valence-corrected chi connectivity index (χ0v) is 11.5. The molecule has 0 heterocycles. The lowest BCUT2D eigenvalue weighted by atomic mass is 9.75. The number of aliphatic hydroxyl groups is 1. The predicted octanol–water partition coefficient (Wildman–Crippen LogP) is 2.93. The highest BCUT2D eigenvalue weighted by Gasteiger charge is 2.31. The van der Waals surface area contributed by atoms with Crippen molar-refractivity contribution < 1.29 is 5.11 Å². The van der Waals surface area contributed by atoms with Gasteiger partial charge in [-0.15, -0.1) is 0 Å². The highest BCUT2D eigenvalue weighted by Crippen LogP contribution is 2.35. The van der Waals surface area contributed by atoms with Gasteiger partial charge in [0.25, 0.3) is 0 Å². The summed E-state index contributed by atoms with van der Waals surface area (Å²) in [4.78, 5) is 0. The van der Waals surface area contributed by atoms with E-state index in [1.165, 1.54) is 24.8 Å². The van der Waals surface area contributed by atoms with E-state index >= 15 is 0 Å². The van der Waals surface area contributed by atoms with E-state index in [1.54, 1.807) is 0 Å². The first-order chi connectivity index (χ1) is 8.63. The van der Waals surface area contributed by atoms with E-state index < -0.39 is 0 Å². The van der Waals surface area contributed by atoms with Crippen LogP contribution in [0.1, 0.15) is 44.6 Å². The van der Waals surface area contributed by atoms with Crippen LogP contribution in [0.4, 0.5) is 0 Å². The molecule has 0 bridgehead atoms. The maximum atomic E-state index is 9.63. The van der Waals surface area contributed by atoms with Crippen LogP contribution in [0.15, 0.2) is 30.3 Å². The molecule has 18 heavy (non-hydrogen) atoms. The molecule has 0 spiro atoms. The van der Waals surface area contributed by atoms with Gasteiger partial charge in [0, 0.05) is 25.1 Å². The lowest BCUT2D eigenvalue weighted by Crippen LogP contribution is -2.41. The fourth-order valence-corrected chi connectivity index (χ4v) is 2.54. The van der Waals surface area contributed by atoms with Crippen molar-refractivity contribution in [2.75, 3.05) is 13.2 Å². The van der Waals surface area contributed by atoms with Crippen LogP contribution in [-0.2, 0) is 0 Å². The van der Waals surface area contributed by atoms with Crippen LogP contribution in [0.2, 0.25) is 0 Å². The van der Waals surface area contributed by atoms with Gasteiger partial charge in [0.2, 0.25) is 0 Å². The minimum atomic E-state index is -0.0852. The standard InChI is InChI=1S/C16H25NO/c1-16(2,12-18)15(11-17-14-9-6-10-14)13-7-4-3-5-8-13/h3-5,7-8,14-15,17-18H,6,9-12H2,1-2H3. The SMILES string of the molecule is CC(C)(CO)C(CNC1CCC1)c1ccccc1. The summed E-state index contributed by atoms with van der Waals surface area (Å²) in [6, 6.07) is 11.3. The Bertz CT molecular complexity index is 357. The molecular weight excluding hydrogens is 222 g/mol. The average molecular weight is 247 g/mol. The summed E-state index contributed by atoms with van der Waals surface area (Å²) in [6.07, 6.45) is 3.97. The van der Waals surface area contributed by atoms with Crippen LogP contribution in [-0.4, -0.2) is 24.3 Å². The summed E-state index contributed by atoms with van der Waals surface area (Å²) in [6.45, 7) is 5.47. The van der Waals surface area contributed by atoms with Gasteiger partial charge >= 0.3 is 0 Å². The van der Waals surface area contributed by atoms with Crippen molar-refractivity contribution in [2.24, 2.45) is 5.41 Å². The molecule has 1 unspecified atom stereocenters. The molecule has 1 aromatic carbocycles. The lowest BCUT2D eigenvalue weighted by molar-refractivity contribution is 0.125. The van der Waals surface area contributed by atoms with Crippen molar-refractivity contribution in [3.63, 3.8) is 0 Å². The molecule has 1 aliphatic rings. The number of nitrogens with one attached hydrogen (secondary N) is 1. The van der Waals surface area contributed by atoms with Crippen molar-refractivity contribution in [1.29, 1.82) is 0 Å². The van der Waals surface area contributed by atoms with Gasteiger partial charge in [0.1, 0.15) is 0 Å². The van der Waals surface area contributed by atoms with Crippen molar-refractivity contribution >= 4 is 0 Å². The van der Waals surface area contributed by atoms with Gasteiger partial charge in [-0.2, -0.15) is 0 Å². The fraction of sp³-hybridized carbons (Fsp3) is 0.625. The molecule has 2 N–H and O–H groups in total. The Labute approximate surface area is 110 Å². The molecule has 0 radical (unpaired) electrons. The Balaban J connectivity index is 2.07. The first kappa shape index (κ1) is 13.6. The second-order valence-corrected chi connectivity index (χ2v) is 6.15. The Morgan fingerprint density at radius 3 is 2.44 bits per heavy atom. The minimum absolute atomic E-state index is 0.0852. The number of rotatable bonds is 6. The van der Waals surface area contributed by atoms with Gasteiger partial charge in [-0.25, -0.2) is 0 Å². The Morgan fingerprint density at radius 2 is 1.94 bits per heavy atom. The second kappa shape index (κ2) is 5.85. The lowest BCUT2D eigenvalue weighted by Gasteiger charge is -2.36. The van der Waals surface area contributed by atoms with Crippen LogP contribution >= 0.6 is 0 Å². The summed E-state index contributed by atoms with van der Waals surface area (Å²) in [5.41, 5.74) is 1.24. The van der Waals surface area contributed by atoms with E-state index in [1.807, 2.05) is 6.07 Å². The third-order valence-corrected chi connectivity index (χ3v) is 4.27. The molecule has 0 aliphatic heterocycles. The zero-order chi connectivity index (χ0) is 13.0. The molecule has 2 rings (SSSR count). The first-order valence-corrected chi connectivity index (χ1v) is 7.02. The van der Waals surface area contributed by atoms with E-state index in [0.29, 0.717) is 12.0 Å². The third kappa shape index (κ3) is 3.12. The Kier molecular flexibility index (Phi) is 4.41. The third-order valence-electron chi connectivity index (χ3n) is 4.27. The van der Waals surface area contributed by atoms with Crippen LogP contribution in [0.25, 0.3) is 0 Å². The van der Waals surface area contributed by atoms with Crippen LogP contribution < -0.4 is 5.32 Å². The normalized spacial score (nSPS) is 18.4. The van der Waals surface area contributed by atoms with Crippen LogP contribution in [0.5, 0.6) is 0 Å². The summed E-state index contributed by atoms with van der Waals surface area (Å²) in [7, 11) is 0. The summed E-state index contributed by atoms with van der Waals surface area (Å²) in [5.74, 6) is 0.365. The van der Waals surface area contributed by atoms with Crippen molar-refractivity contribution in [3.05, 3.63) is 35.9 Å². The molecule has 0 amide bonds. The highest BCUT2D eigenvalue weighted by molar-refractivity contribution is 5.22. The number of hydrogen-bond donors (Lipinski definition) is 2. The smallest absolute Gasteiger partial charge is 0.0488 e. The first-order valence-electron chi connectivity index (χ1n) is 7.02. The molecule has 2 nitrogen and oxygen atoms in total. The van der Waals surface area contributed by atoms with Crippen molar-refractivity contribution in [1.82, 2.24) is 5.32 Å². The minimum Gasteiger partial charge on any atom is -0.396 e. The van der Waals surface area contributed by atoms with Crippen molar-refractivity contribution in [3.8, 4) is 0 Å². The molecular formula is C16H25NO. The molecule has 1 aromatic rings. The Morgan fingerprint density at radius 1 is 1.28 bits per heavy atom. The van der Waals surface area contributed by atoms with Gasteiger partial charge in [-0.1, -0.05) is 50.6 Å². The maximum absolute atomic E-state index is 9.63. The number of benzene rings is 1. The summed E-state index contributed by atoms with van der Waals surface area (Å²) >= 11 is 0. The molecule has 1 aliphatic carbocycles. The Hall–Kier alpha value is -0.860. The number of hydrogen-bond acceptors (Lipinski definition) is 2. The molecule has 0 aromatic heterocycles. The van der Waals surface area contributed by atoms with Gasteiger partial charge in [-0.05, 0) is 23.8 Å². The number of aliphatic hydroxyl groups excluding tert-OH is 1. The second-order valence-electron chi connectivity index (χ2n) is 6.15. The average Bonchev–Trinajstić information content (AvgIpc) is 2.33. The van der Waals surface area contributed by atoms with E-state index in [9.17, 15) is 5.11 Å². The summed E-state index contributed by atoms with van der Waals surface area (Å²) in [5, 5.41) is 13.3. The topological polar surface area (TPSA) is 32.3 Å². The molecule has 100 valence electrons. The van der Waals surface area contributed by atoms with E-state index in [0.717, 1.165) is 6.54 Å². The predicted molar refractivity (Wildman–Crippen MR) is 75.7 cm³/mol. The highest BCUT2D eigenvalue weighted by atomic mass is 16.3. The maximum Gasteiger partial charge on any atom is 0.0488 e. The fourth-order valence-electron chi connectivity index (χ4n) is 2.54.